The number of nitrogen functional groups attached to an aromatic ring is 1. The lowest BCUT2D eigenvalue weighted by atomic mass is 10.0. The summed E-state index contributed by atoms with van der Waals surface area (Å²) in [6.07, 6.45) is 2.98. The van der Waals surface area contributed by atoms with Crippen LogP contribution in [0.4, 0.5) is 10.2 Å². The summed E-state index contributed by atoms with van der Waals surface area (Å²) in [7, 11) is 0. The minimum absolute atomic E-state index is 0.0762. The van der Waals surface area contributed by atoms with Crippen molar-refractivity contribution < 1.29 is 13.9 Å². The molecule has 0 atom stereocenters. The smallest absolute Gasteiger partial charge is 0.264 e. The van der Waals surface area contributed by atoms with E-state index in [1.54, 1.807) is 39.9 Å². The Hall–Kier alpha value is -4.78. The number of halogens is 1. The van der Waals surface area contributed by atoms with Gasteiger partial charge in [0.15, 0.2) is 5.65 Å². The van der Waals surface area contributed by atoms with Gasteiger partial charge in [0.1, 0.15) is 46.8 Å². The topological polar surface area (TPSA) is 123 Å². The van der Waals surface area contributed by atoms with Gasteiger partial charge in [0.2, 0.25) is 0 Å². The maximum atomic E-state index is 15.3. The zero-order chi connectivity index (χ0) is 26.1. The number of amides is 1. The van der Waals surface area contributed by atoms with Crippen LogP contribution in [0.1, 0.15) is 19.9 Å². The van der Waals surface area contributed by atoms with Crippen LogP contribution >= 0.6 is 0 Å². The van der Waals surface area contributed by atoms with E-state index >= 15 is 4.39 Å². The van der Waals surface area contributed by atoms with E-state index in [4.69, 9.17) is 10.5 Å². The van der Waals surface area contributed by atoms with Gasteiger partial charge in [0.25, 0.3) is 5.91 Å². The zero-order valence-corrected chi connectivity index (χ0v) is 20.3. The van der Waals surface area contributed by atoms with E-state index < -0.39 is 5.82 Å². The predicted molar refractivity (Wildman–Crippen MR) is 136 cm³/mol. The molecule has 0 bridgehead atoms. The van der Waals surface area contributed by atoms with E-state index in [2.05, 4.69) is 15.1 Å². The van der Waals surface area contributed by atoms with Crippen LogP contribution in [0.25, 0.3) is 22.3 Å². The molecule has 1 fully saturated rings. The molecule has 2 aromatic heterocycles. The number of benzene rings is 2. The summed E-state index contributed by atoms with van der Waals surface area (Å²) < 4.78 is 22.7. The largest absolute Gasteiger partial charge is 0.457 e. The third-order valence-corrected chi connectivity index (χ3v) is 6.04. The molecule has 37 heavy (non-hydrogen) atoms. The number of allylic oxidation sites excluding steroid dienone is 1. The number of para-hydroxylation sites is 1. The first-order chi connectivity index (χ1) is 17.9. The van der Waals surface area contributed by atoms with E-state index in [0.29, 0.717) is 41.3 Å². The molecule has 0 radical (unpaired) electrons. The fourth-order valence-electron chi connectivity index (χ4n) is 4.25. The molecule has 10 heteroatoms. The van der Waals surface area contributed by atoms with Crippen LogP contribution < -0.4 is 10.5 Å². The lowest BCUT2D eigenvalue weighted by Crippen LogP contribution is -2.51. The summed E-state index contributed by atoms with van der Waals surface area (Å²) in [5.41, 5.74) is 7.26. The summed E-state index contributed by atoms with van der Waals surface area (Å²) in [6, 6.07) is 15.4. The molecule has 0 saturated carbocycles. The molecule has 1 aliphatic heterocycles. The molecule has 186 valence electrons. The van der Waals surface area contributed by atoms with Crippen molar-refractivity contribution in [3.8, 4) is 28.8 Å². The standard InChI is InChI=1S/C27H24FN7O2/c1-16(2)10-17(12-29)27(36)34-13-18(14-34)35-26-23(25(30)31-15-32-26)24(33-35)21-9-8-20(11-22(21)28)37-19-6-4-3-5-7-19/h3-11,15-16,18H,13-14H2,1-2H3,(H2,30,31,32)/b17-10+. The van der Waals surface area contributed by atoms with Gasteiger partial charge in [-0.05, 0) is 30.2 Å². The van der Waals surface area contributed by atoms with Gasteiger partial charge in [-0.3, -0.25) is 4.79 Å². The second-order valence-electron chi connectivity index (χ2n) is 9.11. The van der Waals surface area contributed by atoms with Crippen molar-refractivity contribution in [1.29, 1.82) is 5.26 Å². The average molecular weight is 498 g/mol. The number of anilines is 1. The summed E-state index contributed by atoms with van der Waals surface area (Å²) in [6.45, 7) is 4.49. The average Bonchev–Trinajstić information content (AvgIpc) is 3.22. The zero-order valence-electron chi connectivity index (χ0n) is 20.3. The maximum absolute atomic E-state index is 15.3. The number of aromatic nitrogens is 4. The van der Waals surface area contributed by atoms with Crippen LogP contribution in [-0.2, 0) is 4.79 Å². The van der Waals surface area contributed by atoms with Crippen LogP contribution in [0.2, 0.25) is 0 Å². The van der Waals surface area contributed by atoms with Gasteiger partial charge in [0, 0.05) is 24.7 Å². The van der Waals surface area contributed by atoms with Crippen LogP contribution in [0.15, 0.2) is 66.5 Å². The van der Waals surface area contributed by atoms with Crippen molar-refractivity contribution in [1.82, 2.24) is 24.6 Å². The Morgan fingerprint density at radius 3 is 2.62 bits per heavy atom. The number of rotatable bonds is 6. The molecule has 0 unspecified atom stereocenters. The first-order valence-corrected chi connectivity index (χ1v) is 11.8. The van der Waals surface area contributed by atoms with E-state index in [1.807, 2.05) is 38.1 Å². The molecule has 1 amide bonds. The van der Waals surface area contributed by atoms with Crippen molar-refractivity contribution in [2.45, 2.75) is 19.9 Å². The van der Waals surface area contributed by atoms with Gasteiger partial charge < -0.3 is 15.4 Å². The molecule has 2 aromatic carbocycles. The Balaban J connectivity index is 1.45. The van der Waals surface area contributed by atoms with Crippen LogP contribution in [0, 0.1) is 23.1 Å². The number of carbonyl (C=O) groups is 1. The van der Waals surface area contributed by atoms with E-state index in [-0.39, 0.29) is 34.8 Å². The Kier molecular flexibility index (Phi) is 6.27. The van der Waals surface area contributed by atoms with E-state index in [0.717, 1.165) is 0 Å². The quantitative estimate of drug-likeness (QED) is 0.307. The monoisotopic (exact) mass is 497 g/mol. The molecule has 0 spiro atoms. The lowest BCUT2D eigenvalue weighted by molar-refractivity contribution is -0.132. The normalized spacial score (nSPS) is 14.0. The molecule has 1 aliphatic rings. The molecule has 9 nitrogen and oxygen atoms in total. The van der Waals surface area contributed by atoms with Gasteiger partial charge in [-0.1, -0.05) is 38.1 Å². The number of hydrogen-bond donors (Lipinski definition) is 1. The highest BCUT2D eigenvalue weighted by Crippen LogP contribution is 2.36. The fourth-order valence-corrected chi connectivity index (χ4v) is 4.25. The first kappa shape index (κ1) is 23.9. The second kappa shape index (κ2) is 9.70. The third-order valence-electron chi connectivity index (χ3n) is 6.04. The lowest BCUT2D eigenvalue weighted by Gasteiger charge is -2.39. The second-order valence-corrected chi connectivity index (χ2v) is 9.11. The van der Waals surface area contributed by atoms with E-state index in [9.17, 15) is 10.1 Å². The Morgan fingerprint density at radius 2 is 1.95 bits per heavy atom. The van der Waals surface area contributed by atoms with Crippen LogP contribution in [0.5, 0.6) is 11.5 Å². The van der Waals surface area contributed by atoms with Crippen molar-refractivity contribution >= 4 is 22.8 Å². The Labute approximate surface area is 212 Å². The third kappa shape index (κ3) is 4.59. The van der Waals surface area contributed by atoms with Gasteiger partial charge in [-0.25, -0.2) is 19.0 Å². The number of fused-ring (bicyclic) bond motifs is 1. The van der Waals surface area contributed by atoms with Crippen LogP contribution in [-0.4, -0.2) is 43.6 Å². The predicted octanol–water partition coefficient (Wildman–Crippen LogP) is 4.50. The highest BCUT2D eigenvalue weighted by molar-refractivity contribution is 5.99. The van der Waals surface area contributed by atoms with Gasteiger partial charge in [0.05, 0.1) is 11.4 Å². The van der Waals surface area contributed by atoms with Gasteiger partial charge >= 0.3 is 0 Å². The van der Waals surface area contributed by atoms with Crippen molar-refractivity contribution in [2.24, 2.45) is 5.92 Å². The number of nitrogens with two attached hydrogens (primary N) is 1. The summed E-state index contributed by atoms with van der Waals surface area (Å²) in [5, 5.41) is 14.5. The van der Waals surface area contributed by atoms with Crippen molar-refractivity contribution in [3.63, 3.8) is 0 Å². The number of hydrogen-bond acceptors (Lipinski definition) is 7. The number of nitrogens with zero attached hydrogens (tertiary/aromatic N) is 6. The molecule has 3 heterocycles. The first-order valence-electron chi connectivity index (χ1n) is 11.8. The summed E-state index contributed by atoms with van der Waals surface area (Å²) >= 11 is 0. The maximum Gasteiger partial charge on any atom is 0.264 e. The minimum Gasteiger partial charge on any atom is -0.457 e. The molecule has 4 aromatic rings. The molecular formula is C27H24FN7O2. The fraction of sp³-hybridized carbons (Fsp3) is 0.222. The molecule has 5 rings (SSSR count). The SMILES string of the molecule is CC(C)/C=C(\C#N)C(=O)N1CC(n2nc(-c3ccc(Oc4ccccc4)cc3F)c3c(N)ncnc32)C1. The molecular weight excluding hydrogens is 473 g/mol. The van der Waals surface area contributed by atoms with E-state index in [1.165, 1.54) is 12.4 Å². The highest BCUT2D eigenvalue weighted by atomic mass is 19.1. The molecule has 1 saturated heterocycles. The summed E-state index contributed by atoms with van der Waals surface area (Å²) in [5.74, 6) is 0.330. The Bertz CT molecular complexity index is 1550. The number of nitriles is 1. The highest BCUT2D eigenvalue weighted by Gasteiger charge is 2.36. The number of carbonyl (C=O) groups excluding carboxylic acids is 1. The molecule has 0 aliphatic carbocycles. The van der Waals surface area contributed by atoms with Gasteiger partial charge in [-0.15, -0.1) is 0 Å². The van der Waals surface area contributed by atoms with Crippen LogP contribution in [0.3, 0.4) is 0 Å². The molecule has 2 N–H and O–H groups in total. The van der Waals surface area contributed by atoms with Gasteiger partial charge in [-0.2, -0.15) is 10.4 Å². The van der Waals surface area contributed by atoms with Crippen molar-refractivity contribution in [2.75, 3.05) is 18.8 Å². The number of likely N-dealkylation sites (tertiary alicyclic amines) is 1. The number of ether oxygens (including phenoxy) is 1. The Morgan fingerprint density at radius 1 is 1.19 bits per heavy atom. The minimum atomic E-state index is -0.536. The van der Waals surface area contributed by atoms with Crippen molar-refractivity contribution in [3.05, 3.63) is 72.3 Å². The summed E-state index contributed by atoms with van der Waals surface area (Å²) in [4.78, 5) is 22.7.